The number of hydrogen-bond donors (Lipinski definition) is 3. The summed E-state index contributed by atoms with van der Waals surface area (Å²) in [6, 6.07) is 8.97. The second-order valence-electron chi connectivity index (χ2n) is 5.79. The van der Waals surface area contributed by atoms with E-state index in [1.165, 1.54) is 6.07 Å². The van der Waals surface area contributed by atoms with Gasteiger partial charge in [-0.2, -0.15) is 0 Å². The Morgan fingerprint density at radius 3 is 2.86 bits per heavy atom. The average molecular weight is 297 g/mol. The number of carbonyl (C=O) groups is 1. The molecule has 1 aliphatic rings. The van der Waals surface area contributed by atoms with Crippen LogP contribution in [0.2, 0.25) is 0 Å². The quantitative estimate of drug-likeness (QED) is 0.680. The highest BCUT2D eigenvalue weighted by Crippen LogP contribution is 2.38. The number of nitrogens with one attached hydrogen (secondary N) is 2. The molecule has 0 saturated carbocycles. The van der Waals surface area contributed by atoms with Crippen molar-refractivity contribution in [2.45, 2.75) is 12.3 Å². The van der Waals surface area contributed by atoms with Crippen molar-refractivity contribution in [2.75, 3.05) is 13.1 Å². The highest BCUT2D eigenvalue weighted by atomic mass is 19.1. The van der Waals surface area contributed by atoms with Gasteiger partial charge in [-0.25, -0.2) is 4.39 Å². The molecule has 22 heavy (non-hydrogen) atoms. The van der Waals surface area contributed by atoms with Crippen molar-refractivity contribution in [1.29, 1.82) is 0 Å². The van der Waals surface area contributed by atoms with Gasteiger partial charge in [0.1, 0.15) is 5.82 Å². The zero-order valence-corrected chi connectivity index (χ0v) is 11.9. The average Bonchev–Trinajstić information content (AvgIpc) is 3.14. The summed E-state index contributed by atoms with van der Waals surface area (Å²) in [4.78, 5) is 14.9. The Bertz CT molecular complexity index is 894. The zero-order chi connectivity index (χ0) is 15.3. The monoisotopic (exact) mass is 297 g/mol. The van der Waals surface area contributed by atoms with Gasteiger partial charge in [-0.3, -0.25) is 4.79 Å². The van der Waals surface area contributed by atoms with Crippen LogP contribution in [0.25, 0.3) is 21.8 Å². The number of benzene rings is 2. The summed E-state index contributed by atoms with van der Waals surface area (Å²) in [5, 5.41) is 4.99. The minimum atomic E-state index is -0.619. The topological polar surface area (TPSA) is 70.9 Å². The van der Waals surface area contributed by atoms with E-state index in [2.05, 4.69) is 10.3 Å². The summed E-state index contributed by atoms with van der Waals surface area (Å²) in [5.41, 5.74) is 7.85. The normalized spacial score (nSPS) is 18.3. The lowest BCUT2D eigenvalue weighted by Gasteiger charge is -2.14. The Kier molecular flexibility index (Phi) is 2.90. The van der Waals surface area contributed by atoms with Gasteiger partial charge in [-0.05, 0) is 25.1 Å². The Labute approximate surface area is 126 Å². The van der Waals surface area contributed by atoms with Crippen molar-refractivity contribution < 1.29 is 9.18 Å². The molecule has 3 aromatic rings. The first-order valence-corrected chi connectivity index (χ1v) is 7.40. The van der Waals surface area contributed by atoms with Crippen molar-refractivity contribution in [2.24, 2.45) is 5.73 Å². The first-order chi connectivity index (χ1) is 10.7. The van der Waals surface area contributed by atoms with E-state index >= 15 is 0 Å². The zero-order valence-electron chi connectivity index (χ0n) is 11.9. The standard InChI is InChI=1S/C17H16FN3O/c18-12-7-11(17(19)22)16-15(14(12)9-5-6-20-8-9)10-3-1-2-4-13(10)21-16/h1-4,7,9,20-21H,5-6,8H2,(H2,19,22). The van der Waals surface area contributed by atoms with Gasteiger partial charge in [0.05, 0.1) is 11.1 Å². The van der Waals surface area contributed by atoms with Gasteiger partial charge in [0.15, 0.2) is 0 Å². The number of amides is 1. The molecule has 0 spiro atoms. The number of carbonyl (C=O) groups excluding carboxylic acids is 1. The second kappa shape index (κ2) is 4.81. The van der Waals surface area contributed by atoms with E-state index < -0.39 is 5.91 Å². The predicted molar refractivity (Wildman–Crippen MR) is 84.5 cm³/mol. The first-order valence-electron chi connectivity index (χ1n) is 7.40. The van der Waals surface area contributed by atoms with Gasteiger partial charge in [0.2, 0.25) is 0 Å². The Hall–Kier alpha value is -2.40. The van der Waals surface area contributed by atoms with Crippen LogP contribution in [0, 0.1) is 5.82 Å². The van der Waals surface area contributed by atoms with Crippen LogP contribution in [-0.2, 0) is 0 Å². The van der Waals surface area contributed by atoms with Crippen LogP contribution in [0.5, 0.6) is 0 Å². The maximum atomic E-state index is 14.7. The summed E-state index contributed by atoms with van der Waals surface area (Å²) in [6.07, 6.45) is 0.890. The number of halogens is 1. The lowest BCUT2D eigenvalue weighted by molar-refractivity contribution is 0.100. The summed E-state index contributed by atoms with van der Waals surface area (Å²) >= 11 is 0. The number of aromatic nitrogens is 1. The van der Waals surface area contributed by atoms with Crippen LogP contribution in [0.1, 0.15) is 28.3 Å². The molecule has 0 bridgehead atoms. The molecule has 0 aliphatic carbocycles. The number of H-pyrrole nitrogens is 1. The third-order valence-electron chi connectivity index (χ3n) is 4.51. The fourth-order valence-electron chi connectivity index (χ4n) is 3.51. The number of nitrogens with two attached hydrogens (primary N) is 1. The van der Waals surface area contributed by atoms with Gasteiger partial charge < -0.3 is 16.0 Å². The molecule has 1 saturated heterocycles. The molecule has 1 aliphatic heterocycles. The molecule has 1 aromatic heterocycles. The van der Waals surface area contributed by atoms with Crippen LogP contribution < -0.4 is 11.1 Å². The third-order valence-corrected chi connectivity index (χ3v) is 4.51. The molecule has 1 amide bonds. The number of para-hydroxylation sites is 1. The molecular formula is C17H16FN3O. The van der Waals surface area contributed by atoms with Crippen LogP contribution in [0.3, 0.4) is 0 Å². The Morgan fingerprint density at radius 1 is 1.32 bits per heavy atom. The first kappa shape index (κ1) is 13.3. The lowest BCUT2D eigenvalue weighted by atomic mass is 9.91. The second-order valence-corrected chi connectivity index (χ2v) is 5.79. The molecule has 4 nitrogen and oxygen atoms in total. The molecule has 4 N–H and O–H groups in total. The lowest BCUT2D eigenvalue weighted by Crippen LogP contribution is -2.14. The highest BCUT2D eigenvalue weighted by molar-refractivity contribution is 6.16. The van der Waals surface area contributed by atoms with Crippen molar-refractivity contribution in [3.63, 3.8) is 0 Å². The molecule has 1 unspecified atom stereocenters. The SMILES string of the molecule is NC(=O)c1cc(F)c(C2CCNC2)c2c1[nH]c1ccccc12. The van der Waals surface area contributed by atoms with E-state index in [1.54, 1.807) is 0 Å². The molecule has 112 valence electrons. The fraction of sp³-hybridized carbons (Fsp3) is 0.235. The maximum Gasteiger partial charge on any atom is 0.250 e. The van der Waals surface area contributed by atoms with Crippen LogP contribution in [0.15, 0.2) is 30.3 Å². The number of fused-ring (bicyclic) bond motifs is 3. The number of primary amides is 1. The van der Waals surface area contributed by atoms with E-state index in [0.717, 1.165) is 35.8 Å². The van der Waals surface area contributed by atoms with E-state index in [9.17, 15) is 9.18 Å². The minimum absolute atomic E-state index is 0.114. The number of rotatable bonds is 2. The summed E-state index contributed by atoms with van der Waals surface area (Å²) in [6.45, 7) is 1.63. The van der Waals surface area contributed by atoms with Crippen molar-refractivity contribution in [3.8, 4) is 0 Å². The summed E-state index contributed by atoms with van der Waals surface area (Å²) < 4.78 is 14.7. The van der Waals surface area contributed by atoms with Crippen molar-refractivity contribution in [3.05, 3.63) is 47.3 Å². The van der Waals surface area contributed by atoms with E-state index in [-0.39, 0.29) is 17.3 Å². The Morgan fingerprint density at radius 2 is 2.14 bits per heavy atom. The van der Waals surface area contributed by atoms with Crippen molar-refractivity contribution in [1.82, 2.24) is 10.3 Å². The van der Waals surface area contributed by atoms with Gasteiger partial charge >= 0.3 is 0 Å². The van der Waals surface area contributed by atoms with E-state index in [4.69, 9.17) is 5.73 Å². The van der Waals surface area contributed by atoms with Gasteiger partial charge in [-0.1, -0.05) is 18.2 Å². The molecule has 4 rings (SSSR count). The molecular weight excluding hydrogens is 281 g/mol. The van der Waals surface area contributed by atoms with Crippen LogP contribution in [-0.4, -0.2) is 24.0 Å². The molecule has 1 fully saturated rings. The summed E-state index contributed by atoms with van der Waals surface area (Å²) in [5.74, 6) is -0.852. The largest absolute Gasteiger partial charge is 0.366 e. The maximum absolute atomic E-state index is 14.7. The van der Waals surface area contributed by atoms with Gasteiger partial charge in [0.25, 0.3) is 5.91 Å². The van der Waals surface area contributed by atoms with Crippen LogP contribution in [0.4, 0.5) is 4.39 Å². The van der Waals surface area contributed by atoms with Crippen LogP contribution >= 0.6 is 0 Å². The predicted octanol–water partition coefficient (Wildman–Crippen LogP) is 2.64. The summed E-state index contributed by atoms with van der Waals surface area (Å²) in [7, 11) is 0. The fourth-order valence-corrected chi connectivity index (χ4v) is 3.51. The molecule has 2 aromatic carbocycles. The Balaban J connectivity index is 2.16. The minimum Gasteiger partial charge on any atom is -0.366 e. The van der Waals surface area contributed by atoms with E-state index in [0.29, 0.717) is 11.1 Å². The molecule has 5 heteroatoms. The highest BCUT2D eigenvalue weighted by Gasteiger charge is 2.26. The molecule has 2 heterocycles. The molecule has 0 radical (unpaired) electrons. The third kappa shape index (κ3) is 1.82. The smallest absolute Gasteiger partial charge is 0.250 e. The molecule has 1 atom stereocenters. The van der Waals surface area contributed by atoms with Gasteiger partial charge in [0, 0.05) is 34.3 Å². The number of hydrogen-bond acceptors (Lipinski definition) is 2. The van der Waals surface area contributed by atoms with Gasteiger partial charge in [-0.15, -0.1) is 0 Å². The van der Waals surface area contributed by atoms with Crippen molar-refractivity contribution >= 4 is 27.7 Å². The number of aromatic amines is 1. The van der Waals surface area contributed by atoms with E-state index in [1.807, 2.05) is 24.3 Å².